The predicted molar refractivity (Wildman–Crippen MR) is 68.8 cm³/mol. The van der Waals surface area contributed by atoms with Crippen molar-refractivity contribution in [2.24, 2.45) is 0 Å². The molecule has 2 heterocycles. The summed E-state index contributed by atoms with van der Waals surface area (Å²) < 4.78 is 26.1. The molecule has 0 spiro atoms. The van der Waals surface area contributed by atoms with E-state index < -0.39 is 10.0 Å². The van der Waals surface area contributed by atoms with Crippen LogP contribution in [-0.2, 0) is 10.0 Å². The molecule has 18 heavy (non-hydrogen) atoms. The molecule has 0 amide bonds. The van der Waals surface area contributed by atoms with Gasteiger partial charge < -0.3 is 4.90 Å². The number of aromatic nitrogens is 2. The number of likely N-dealkylation sites (N-methyl/N-ethyl adjacent to an activating group) is 2. The number of likely N-dealkylation sites (tertiary alicyclic amines) is 1. The maximum absolute atomic E-state index is 12.4. The molecule has 1 aromatic rings. The summed E-state index contributed by atoms with van der Waals surface area (Å²) >= 11 is 0. The molecule has 0 bridgehead atoms. The summed E-state index contributed by atoms with van der Waals surface area (Å²) in [5, 5.41) is 6.44. The number of sulfonamides is 1. The number of hydrogen-bond donors (Lipinski definition) is 1. The number of H-pyrrole nitrogens is 1. The molecule has 1 N–H and O–H groups in total. The lowest BCUT2D eigenvalue weighted by atomic mass is 10.2. The third kappa shape index (κ3) is 2.43. The molecular formula is C11H20N4O2S. The standard InChI is InChI=1S/C11H20N4O2S/c1-9-11(7-12-13-9)18(16,17)15(3)8-10-5-4-6-14(10)2/h7,10H,4-6,8H2,1-3H3,(H,12,13). The Labute approximate surface area is 108 Å². The Kier molecular flexibility index (Phi) is 3.74. The Balaban J connectivity index is 2.13. The molecule has 0 aromatic carbocycles. The molecule has 1 aromatic heterocycles. The van der Waals surface area contributed by atoms with Gasteiger partial charge in [0.05, 0.1) is 11.9 Å². The summed E-state index contributed by atoms with van der Waals surface area (Å²) in [7, 11) is 0.251. The number of aryl methyl sites for hydroxylation is 1. The molecule has 1 saturated heterocycles. The third-order valence-corrected chi connectivity index (χ3v) is 5.55. The summed E-state index contributed by atoms with van der Waals surface area (Å²) in [4.78, 5) is 2.49. The minimum atomic E-state index is -3.42. The Morgan fingerprint density at radius 3 is 2.83 bits per heavy atom. The highest BCUT2D eigenvalue weighted by Crippen LogP contribution is 2.20. The normalized spacial score (nSPS) is 21.9. The molecular weight excluding hydrogens is 252 g/mol. The van der Waals surface area contributed by atoms with Crippen LogP contribution in [0.25, 0.3) is 0 Å². The molecule has 7 heteroatoms. The van der Waals surface area contributed by atoms with Crippen LogP contribution in [0, 0.1) is 6.92 Å². The third-order valence-electron chi connectivity index (χ3n) is 3.61. The van der Waals surface area contributed by atoms with Gasteiger partial charge in [-0.05, 0) is 33.4 Å². The molecule has 0 aliphatic carbocycles. The van der Waals surface area contributed by atoms with Crippen molar-refractivity contribution in [3.05, 3.63) is 11.9 Å². The summed E-state index contributed by atoms with van der Waals surface area (Å²) in [5.41, 5.74) is 0.585. The monoisotopic (exact) mass is 272 g/mol. The van der Waals surface area contributed by atoms with Gasteiger partial charge >= 0.3 is 0 Å². The summed E-state index contributed by atoms with van der Waals surface area (Å²) in [5.74, 6) is 0. The first-order chi connectivity index (χ1) is 8.43. The van der Waals surface area contributed by atoms with Gasteiger partial charge in [-0.25, -0.2) is 8.42 Å². The van der Waals surface area contributed by atoms with E-state index in [1.165, 1.54) is 10.5 Å². The largest absolute Gasteiger partial charge is 0.302 e. The minimum absolute atomic E-state index is 0.269. The first-order valence-corrected chi connectivity index (χ1v) is 7.53. The van der Waals surface area contributed by atoms with Crippen LogP contribution in [0.15, 0.2) is 11.1 Å². The molecule has 1 fully saturated rings. The van der Waals surface area contributed by atoms with Crippen molar-refractivity contribution in [2.45, 2.75) is 30.7 Å². The number of rotatable bonds is 4. The Bertz CT molecular complexity index is 511. The highest BCUT2D eigenvalue weighted by molar-refractivity contribution is 7.89. The number of nitrogens with zero attached hydrogens (tertiary/aromatic N) is 3. The van der Waals surface area contributed by atoms with Gasteiger partial charge in [0.25, 0.3) is 0 Å². The van der Waals surface area contributed by atoms with Crippen molar-refractivity contribution < 1.29 is 8.42 Å². The van der Waals surface area contributed by atoms with E-state index in [1.54, 1.807) is 14.0 Å². The average molecular weight is 272 g/mol. The molecule has 1 atom stereocenters. The van der Waals surface area contributed by atoms with E-state index in [0.717, 1.165) is 19.4 Å². The smallest absolute Gasteiger partial charge is 0.246 e. The Morgan fingerprint density at radius 1 is 1.61 bits per heavy atom. The topological polar surface area (TPSA) is 69.3 Å². The number of aromatic amines is 1. The van der Waals surface area contributed by atoms with Crippen LogP contribution in [0.3, 0.4) is 0 Å². The van der Waals surface area contributed by atoms with E-state index in [4.69, 9.17) is 0 Å². The van der Waals surface area contributed by atoms with Crippen LogP contribution >= 0.6 is 0 Å². The van der Waals surface area contributed by atoms with Crippen molar-refractivity contribution in [1.29, 1.82) is 0 Å². The molecule has 1 aliphatic heterocycles. The van der Waals surface area contributed by atoms with Crippen molar-refractivity contribution in [1.82, 2.24) is 19.4 Å². The van der Waals surface area contributed by atoms with Gasteiger partial charge in [-0.2, -0.15) is 9.40 Å². The molecule has 1 unspecified atom stereocenters. The van der Waals surface area contributed by atoms with E-state index >= 15 is 0 Å². The van der Waals surface area contributed by atoms with Gasteiger partial charge in [0, 0.05) is 19.6 Å². The van der Waals surface area contributed by atoms with E-state index in [1.807, 2.05) is 7.05 Å². The van der Waals surface area contributed by atoms with Gasteiger partial charge in [0.2, 0.25) is 10.0 Å². The second kappa shape index (κ2) is 4.99. The van der Waals surface area contributed by atoms with Crippen LogP contribution in [-0.4, -0.2) is 61.0 Å². The fourth-order valence-corrected chi connectivity index (χ4v) is 3.70. The van der Waals surface area contributed by atoms with Crippen LogP contribution in [0.1, 0.15) is 18.5 Å². The molecule has 1 aliphatic rings. The second-order valence-corrected chi connectivity index (χ2v) is 6.93. The minimum Gasteiger partial charge on any atom is -0.302 e. The van der Waals surface area contributed by atoms with Crippen LogP contribution < -0.4 is 0 Å². The Morgan fingerprint density at radius 2 is 2.33 bits per heavy atom. The molecule has 0 saturated carbocycles. The van der Waals surface area contributed by atoms with Crippen LogP contribution in [0.4, 0.5) is 0 Å². The van der Waals surface area contributed by atoms with E-state index in [9.17, 15) is 8.42 Å². The highest BCUT2D eigenvalue weighted by Gasteiger charge is 2.29. The van der Waals surface area contributed by atoms with E-state index in [2.05, 4.69) is 15.1 Å². The van der Waals surface area contributed by atoms with Crippen molar-refractivity contribution in [2.75, 3.05) is 27.2 Å². The summed E-state index contributed by atoms with van der Waals surface area (Å²) in [6, 6.07) is 0.317. The zero-order chi connectivity index (χ0) is 13.3. The van der Waals surface area contributed by atoms with Gasteiger partial charge in [-0.3, -0.25) is 5.10 Å². The van der Waals surface area contributed by atoms with Crippen molar-refractivity contribution in [3.63, 3.8) is 0 Å². The Hall–Kier alpha value is -0.920. The number of nitrogens with one attached hydrogen (secondary N) is 1. The molecule has 2 rings (SSSR count). The summed E-state index contributed by atoms with van der Waals surface area (Å²) in [6.45, 7) is 3.29. The first kappa shape index (κ1) is 13.5. The highest BCUT2D eigenvalue weighted by atomic mass is 32.2. The summed E-state index contributed by atoms with van der Waals surface area (Å²) in [6.07, 6.45) is 3.57. The predicted octanol–water partition coefficient (Wildman–Crippen LogP) is 0.433. The lowest BCUT2D eigenvalue weighted by Gasteiger charge is -2.25. The van der Waals surface area contributed by atoms with Gasteiger partial charge in [0.15, 0.2) is 0 Å². The van der Waals surface area contributed by atoms with Gasteiger partial charge in [-0.1, -0.05) is 0 Å². The van der Waals surface area contributed by atoms with E-state index in [0.29, 0.717) is 18.3 Å². The maximum atomic E-state index is 12.4. The maximum Gasteiger partial charge on any atom is 0.246 e. The lowest BCUT2D eigenvalue weighted by Crippen LogP contribution is -2.39. The molecule has 102 valence electrons. The zero-order valence-corrected chi connectivity index (χ0v) is 11.9. The van der Waals surface area contributed by atoms with E-state index in [-0.39, 0.29) is 4.90 Å². The fourth-order valence-electron chi connectivity index (χ4n) is 2.37. The van der Waals surface area contributed by atoms with Crippen LogP contribution in [0.5, 0.6) is 0 Å². The van der Waals surface area contributed by atoms with Gasteiger partial charge in [-0.15, -0.1) is 0 Å². The first-order valence-electron chi connectivity index (χ1n) is 6.09. The molecule has 6 nitrogen and oxygen atoms in total. The number of hydrogen-bond acceptors (Lipinski definition) is 4. The van der Waals surface area contributed by atoms with Gasteiger partial charge in [0.1, 0.15) is 4.90 Å². The molecule has 0 radical (unpaired) electrons. The van der Waals surface area contributed by atoms with Crippen molar-refractivity contribution >= 4 is 10.0 Å². The fraction of sp³-hybridized carbons (Fsp3) is 0.727. The lowest BCUT2D eigenvalue weighted by molar-refractivity contribution is 0.271. The zero-order valence-electron chi connectivity index (χ0n) is 11.0. The SMILES string of the molecule is Cc1[nH]ncc1S(=O)(=O)N(C)CC1CCCN1C. The van der Waals surface area contributed by atoms with Crippen molar-refractivity contribution in [3.8, 4) is 0 Å². The quantitative estimate of drug-likeness (QED) is 0.863. The second-order valence-electron chi connectivity index (χ2n) is 4.92. The average Bonchev–Trinajstić information content (AvgIpc) is 2.88. The van der Waals surface area contributed by atoms with Crippen LogP contribution in [0.2, 0.25) is 0 Å².